The van der Waals surface area contributed by atoms with E-state index in [4.69, 9.17) is 5.11 Å². The van der Waals surface area contributed by atoms with Gasteiger partial charge in [0.25, 0.3) is 0 Å². The topological polar surface area (TPSA) is 77.4 Å². The Balaban J connectivity index is 0. The van der Waals surface area contributed by atoms with Gasteiger partial charge in [-0.3, -0.25) is 0 Å². The summed E-state index contributed by atoms with van der Waals surface area (Å²) in [5.41, 5.74) is 0. The standard InChI is InChI=1S/C22H46O4S.Na/c23-21-19-17-15-13-11-9-7-5-3-1-2-4-6-8-10-12-14-16-18-20-22-27(24,25)26;/h23H,1-22H2,(H,24,25,26);/q;+1/p-1. The summed E-state index contributed by atoms with van der Waals surface area (Å²) in [7, 11) is -4.01. The normalized spacial score (nSPS) is 11.5. The molecule has 0 aliphatic heterocycles. The molecule has 0 spiro atoms. The first-order valence-electron chi connectivity index (χ1n) is 11.6. The summed E-state index contributed by atoms with van der Waals surface area (Å²) in [6, 6.07) is 0. The first kappa shape index (κ1) is 31.1. The van der Waals surface area contributed by atoms with Gasteiger partial charge in [0.15, 0.2) is 0 Å². The summed E-state index contributed by atoms with van der Waals surface area (Å²) < 4.78 is 31.4. The van der Waals surface area contributed by atoms with Gasteiger partial charge in [0, 0.05) is 12.4 Å². The van der Waals surface area contributed by atoms with E-state index in [1.165, 1.54) is 103 Å². The van der Waals surface area contributed by atoms with Crippen LogP contribution < -0.4 is 29.6 Å². The maximum atomic E-state index is 10.5. The molecule has 0 heterocycles. The van der Waals surface area contributed by atoms with Crippen LogP contribution in [0.2, 0.25) is 0 Å². The van der Waals surface area contributed by atoms with Crippen LogP contribution in [-0.4, -0.2) is 30.4 Å². The molecule has 0 saturated heterocycles. The number of hydrogen-bond acceptors (Lipinski definition) is 4. The molecule has 0 aromatic rings. The molecule has 0 bridgehead atoms. The van der Waals surface area contributed by atoms with Gasteiger partial charge < -0.3 is 9.66 Å². The summed E-state index contributed by atoms with van der Waals surface area (Å²) in [5.74, 6) is -0.196. The number of unbranched alkanes of at least 4 members (excludes halogenated alkanes) is 19. The number of aliphatic hydroxyl groups excluding tert-OH is 1. The zero-order chi connectivity index (χ0) is 20.1. The van der Waals surface area contributed by atoms with E-state index in [1.807, 2.05) is 0 Å². The second-order valence-electron chi connectivity index (χ2n) is 8.06. The van der Waals surface area contributed by atoms with E-state index in [2.05, 4.69) is 0 Å². The molecule has 6 heteroatoms. The smallest absolute Gasteiger partial charge is 0.748 e. The minimum absolute atomic E-state index is 0. The third-order valence-electron chi connectivity index (χ3n) is 5.30. The van der Waals surface area contributed by atoms with Crippen molar-refractivity contribution in [3.63, 3.8) is 0 Å². The van der Waals surface area contributed by atoms with E-state index >= 15 is 0 Å². The summed E-state index contributed by atoms with van der Waals surface area (Å²) >= 11 is 0. The van der Waals surface area contributed by atoms with Gasteiger partial charge in [0.05, 0.1) is 10.1 Å². The van der Waals surface area contributed by atoms with Crippen molar-refractivity contribution in [1.29, 1.82) is 0 Å². The van der Waals surface area contributed by atoms with Crippen molar-refractivity contribution >= 4 is 10.1 Å². The summed E-state index contributed by atoms with van der Waals surface area (Å²) in [6.45, 7) is 0.347. The molecule has 0 aliphatic carbocycles. The Kier molecular flexibility index (Phi) is 26.8. The number of rotatable bonds is 22. The molecule has 0 aliphatic rings. The Morgan fingerprint density at radius 2 is 0.679 bits per heavy atom. The van der Waals surface area contributed by atoms with Crippen LogP contribution in [0.25, 0.3) is 0 Å². The van der Waals surface area contributed by atoms with Crippen LogP contribution in [-0.2, 0) is 10.1 Å². The van der Waals surface area contributed by atoms with Crippen LogP contribution >= 0.6 is 0 Å². The molecule has 0 saturated carbocycles. The van der Waals surface area contributed by atoms with Crippen LogP contribution in [0.3, 0.4) is 0 Å². The quantitative estimate of drug-likeness (QED) is 0.163. The van der Waals surface area contributed by atoms with E-state index in [-0.39, 0.29) is 35.3 Å². The summed E-state index contributed by atoms with van der Waals surface area (Å²) in [6.07, 6.45) is 24.6. The van der Waals surface area contributed by atoms with Crippen molar-refractivity contribution in [3.8, 4) is 0 Å². The zero-order valence-corrected chi connectivity index (χ0v) is 21.5. The maximum Gasteiger partial charge on any atom is 1.00 e. The van der Waals surface area contributed by atoms with Crippen LogP contribution in [0.5, 0.6) is 0 Å². The van der Waals surface area contributed by atoms with E-state index in [0.29, 0.717) is 13.0 Å². The van der Waals surface area contributed by atoms with E-state index in [9.17, 15) is 13.0 Å². The molecular weight excluding hydrogens is 383 g/mol. The fourth-order valence-corrected chi connectivity index (χ4v) is 4.13. The molecule has 0 rings (SSSR count). The maximum absolute atomic E-state index is 10.5. The molecule has 4 nitrogen and oxygen atoms in total. The number of aliphatic hydroxyl groups is 1. The van der Waals surface area contributed by atoms with Crippen molar-refractivity contribution < 1.29 is 47.6 Å². The van der Waals surface area contributed by atoms with E-state index in [0.717, 1.165) is 19.3 Å². The van der Waals surface area contributed by atoms with E-state index in [1.54, 1.807) is 0 Å². The third kappa shape index (κ3) is 29.1. The Hall–Kier alpha value is 0.870. The Labute approximate surface area is 197 Å². The molecule has 0 radical (unpaired) electrons. The Morgan fingerprint density at radius 3 is 0.893 bits per heavy atom. The van der Waals surface area contributed by atoms with Gasteiger partial charge >= 0.3 is 29.6 Å². The SMILES string of the molecule is O=S(=O)([O-])CCCCCCCCCCCCCCCCCCCCCCO.[Na+]. The minimum Gasteiger partial charge on any atom is -0.748 e. The molecule has 0 aromatic heterocycles. The monoisotopic (exact) mass is 428 g/mol. The first-order valence-corrected chi connectivity index (χ1v) is 13.2. The van der Waals surface area contributed by atoms with Gasteiger partial charge in [0.1, 0.15) is 0 Å². The number of hydrogen-bond donors (Lipinski definition) is 1. The Morgan fingerprint density at radius 1 is 0.464 bits per heavy atom. The van der Waals surface area contributed by atoms with Crippen molar-refractivity contribution in [2.45, 2.75) is 128 Å². The van der Waals surface area contributed by atoms with Crippen LogP contribution in [0.4, 0.5) is 0 Å². The average Bonchev–Trinajstić information content (AvgIpc) is 2.62. The predicted molar refractivity (Wildman–Crippen MR) is 114 cm³/mol. The fourth-order valence-electron chi connectivity index (χ4n) is 3.57. The van der Waals surface area contributed by atoms with Crippen molar-refractivity contribution in [1.82, 2.24) is 0 Å². The predicted octanol–water partition coefficient (Wildman–Crippen LogP) is 3.33. The zero-order valence-electron chi connectivity index (χ0n) is 18.6. The van der Waals surface area contributed by atoms with Crippen LogP contribution in [0.1, 0.15) is 128 Å². The largest absolute Gasteiger partial charge is 1.00 e. The van der Waals surface area contributed by atoms with Crippen molar-refractivity contribution in [2.75, 3.05) is 12.4 Å². The second-order valence-corrected chi connectivity index (χ2v) is 9.58. The molecule has 1 N–H and O–H groups in total. The Bertz CT molecular complexity index is 388. The molecule has 0 aromatic carbocycles. The van der Waals surface area contributed by atoms with Gasteiger partial charge in [-0.25, -0.2) is 8.42 Å². The van der Waals surface area contributed by atoms with E-state index < -0.39 is 10.1 Å². The minimum atomic E-state index is -4.01. The first-order chi connectivity index (χ1) is 13.1. The average molecular weight is 429 g/mol. The third-order valence-corrected chi connectivity index (χ3v) is 6.09. The van der Waals surface area contributed by atoms with Gasteiger partial charge in [-0.15, -0.1) is 0 Å². The summed E-state index contributed by atoms with van der Waals surface area (Å²) in [4.78, 5) is 0. The summed E-state index contributed by atoms with van der Waals surface area (Å²) in [5, 5.41) is 8.71. The van der Waals surface area contributed by atoms with Crippen molar-refractivity contribution in [2.24, 2.45) is 0 Å². The molecule has 0 fully saturated rings. The van der Waals surface area contributed by atoms with Crippen molar-refractivity contribution in [3.05, 3.63) is 0 Å². The van der Waals surface area contributed by atoms with Gasteiger partial charge in [-0.05, 0) is 12.8 Å². The second kappa shape index (κ2) is 24.1. The molecule has 164 valence electrons. The molecule has 0 unspecified atom stereocenters. The van der Waals surface area contributed by atoms with Gasteiger partial charge in [0.2, 0.25) is 0 Å². The van der Waals surface area contributed by atoms with Crippen LogP contribution in [0.15, 0.2) is 0 Å². The molecular formula is C22H45NaO4S. The van der Waals surface area contributed by atoms with Gasteiger partial charge in [-0.1, -0.05) is 116 Å². The molecule has 0 amide bonds. The molecule has 0 atom stereocenters. The molecule has 28 heavy (non-hydrogen) atoms. The van der Waals surface area contributed by atoms with Crippen LogP contribution in [0, 0.1) is 0 Å². The van der Waals surface area contributed by atoms with Gasteiger partial charge in [-0.2, -0.15) is 0 Å². The fraction of sp³-hybridized carbons (Fsp3) is 1.00.